The molecule has 0 N–H and O–H groups in total. The summed E-state index contributed by atoms with van der Waals surface area (Å²) in [5.74, 6) is 0.784. The van der Waals surface area contributed by atoms with Gasteiger partial charge in [0.1, 0.15) is 19.0 Å². The van der Waals surface area contributed by atoms with E-state index >= 15 is 0 Å². The SMILES string of the molecule is C=CCOc1cccc(OCC=C)c(=O)c1. The Morgan fingerprint density at radius 1 is 1.12 bits per heavy atom. The molecule has 0 saturated carbocycles. The van der Waals surface area contributed by atoms with Crippen LogP contribution in [0.3, 0.4) is 0 Å². The van der Waals surface area contributed by atoms with Crippen molar-refractivity contribution in [2.75, 3.05) is 13.2 Å². The Morgan fingerprint density at radius 3 is 2.50 bits per heavy atom. The molecule has 0 unspecified atom stereocenters. The Morgan fingerprint density at radius 2 is 1.81 bits per heavy atom. The zero-order valence-electron chi connectivity index (χ0n) is 9.02. The van der Waals surface area contributed by atoms with E-state index in [2.05, 4.69) is 13.2 Å². The Labute approximate surface area is 94.6 Å². The second-order valence-corrected chi connectivity index (χ2v) is 3.00. The molecule has 3 heteroatoms. The van der Waals surface area contributed by atoms with Crippen LogP contribution in [0.2, 0.25) is 0 Å². The maximum absolute atomic E-state index is 11.6. The van der Waals surface area contributed by atoms with Crippen molar-refractivity contribution in [2.45, 2.75) is 0 Å². The quantitative estimate of drug-likeness (QED) is 0.686. The number of rotatable bonds is 6. The minimum absolute atomic E-state index is 0.217. The lowest BCUT2D eigenvalue weighted by molar-refractivity contribution is 0.357. The molecule has 3 nitrogen and oxygen atoms in total. The maximum Gasteiger partial charge on any atom is 0.224 e. The molecule has 1 rings (SSSR count). The highest BCUT2D eigenvalue weighted by atomic mass is 16.5. The highest BCUT2D eigenvalue weighted by Gasteiger charge is 1.99. The van der Waals surface area contributed by atoms with Crippen LogP contribution in [0.1, 0.15) is 0 Å². The van der Waals surface area contributed by atoms with Crippen LogP contribution in [-0.4, -0.2) is 13.2 Å². The summed E-state index contributed by atoms with van der Waals surface area (Å²) in [6, 6.07) is 6.40. The van der Waals surface area contributed by atoms with Gasteiger partial charge in [-0.25, -0.2) is 0 Å². The van der Waals surface area contributed by atoms with Gasteiger partial charge in [-0.1, -0.05) is 31.4 Å². The van der Waals surface area contributed by atoms with Gasteiger partial charge in [-0.3, -0.25) is 4.79 Å². The van der Waals surface area contributed by atoms with Gasteiger partial charge < -0.3 is 9.47 Å². The average molecular weight is 218 g/mol. The molecule has 0 radical (unpaired) electrons. The van der Waals surface area contributed by atoms with E-state index in [1.165, 1.54) is 6.07 Å². The molecule has 0 aromatic heterocycles. The van der Waals surface area contributed by atoms with Crippen molar-refractivity contribution < 1.29 is 9.47 Å². The van der Waals surface area contributed by atoms with E-state index in [4.69, 9.17) is 9.47 Å². The summed E-state index contributed by atoms with van der Waals surface area (Å²) in [6.07, 6.45) is 3.20. The number of hydrogen-bond acceptors (Lipinski definition) is 3. The predicted molar refractivity (Wildman–Crippen MR) is 64.1 cm³/mol. The topological polar surface area (TPSA) is 35.5 Å². The molecule has 0 aliphatic carbocycles. The molecule has 84 valence electrons. The predicted octanol–water partition coefficient (Wildman–Crippen LogP) is 2.18. The molecule has 16 heavy (non-hydrogen) atoms. The van der Waals surface area contributed by atoms with Gasteiger partial charge in [-0.15, -0.1) is 0 Å². The van der Waals surface area contributed by atoms with E-state index < -0.39 is 0 Å². The van der Waals surface area contributed by atoms with Crippen LogP contribution in [0, 0.1) is 0 Å². The van der Waals surface area contributed by atoms with Crippen LogP contribution >= 0.6 is 0 Å². The fourth-order valence-electron chi connectivity index (χ4n) is 1.07. The van der Waals surface area contributed by atoms with Crippen LogP contribution in [0.5, 0.6) is 11.5 Å². The van der Waals surface area contributed by atoms with E-state index in [9.17, 15) is 4.79 Å². The lowest BCUT2D eigenvalue weighted by Crippen LogP contribution is -2.04. The summed E-state index contributed by atoms with van der Waals surface area (Å²) in [4.78, 5) is 11.6. The molecule has 0 amide bonds. The fourth-order valence-corrected chi connectivity index (χ4v) is 1.07. The Balaban J connectivity index is 2.91. The molecule has 0 atom stereocenters. The zero-order valence-corrected chi connectivity index (χ0v) is 9.02. The largest absolute Gasteiger partial charge is 0.489 e. The Kier molecular flexibility index (Phi) is 4.86. The lowest BCUT2D eigenvalue weighted by atomic mass is 10.4. The molecule has 0 heterocycles. The molecule has 1 aromatic carbocycles. The smallest absolute Gasteiger partial charge is 0.224 e. The summed E-state index contributed by atoms with van der Waals surface area (Å²) in [5, 5.41) is 0. The summed E-state index contributed by atoms with van der Waals surface area (Å²) in [6.45, 7) is 7.72. The van der Waals surface area contributed by atoms with E-state index in [1.54, 1.807) is 30.4 Å². The first-order valence-corrected chi connectivity index (χ1v) is 4.89. The zero-order chi connectivity index (χ0) is 11.8. The monoisotopic (exact) mass is 218 g/mol. The summed E-state index contributed by atoms with van der Waals surface area (Å²) >= 11 is 0. The third-order valence-electron chi connectivity index (χ3n) is 1.75. The molecule has 1 aromatic rings. The first kappa shape index (κ1) is 12.0. The highest BCUT2D eigenvalue weighted by molar-refractivity contribution is 5.29. The second-order valence-electron chi connectivity index (χ2n) is 3.00. The first-order chi connectivity index (χ1) is 7.77. The van der Waals surface area contributed by atoms with Crippen molar-refractivity contribution in [3.8, 4) is 11.5 Å². The number of ether oxygens (including phenoxy) is 2. The van der Waals surface area contributed by atoms with Gasteiger partial charge in [0.25, 0.3) is 0 Å². The Bertz CT molecular complexity index is 424. The Hall–Kier alpha value is -2.03. The minimum Gasteiger partial charge on any atom is -0.489 e. The van der Waals surface area contributed by atoms with Gasteiger partial charge in [-0.05, 0) is 12.1 Å². The van der Waals surface area contributed by atoms with Crippen LogP contribution in [0.4, 0.5) is 0 Å². The van der Waals surface area contributed by atoms with Gasteiger partial charge in [-0.2, -0.15) is 0 Å². The van der Waals surface area contributed by atoms with Crippen molar-refractivity contribution in [1.82, 2.24) is 0 Å². The van der Waals surface area contributed by atoms with Crippen molar-refractivity contribution in [3.63, 3.8) is 0 Å². The van der Waals surface area contributed by atoms with E-state index in [0.29, 0.717) is 19.0 Å². The summed E-state index contributed by atoms with van der Waals surface area (Å²) in [7, 11) is 0. The minimum atomic E-state index is -0.217. The van der Waals surface area contributed by atoms with Gasteiger partial charge in [0.05, 0.1) is 0 Å². The van der Waals surface area contributed by atoms with Crippen LogP contribution in [0.25, 0.3) is 0 Å². The molecule has 0 bridgehead atoms. The molecule has 0 aliphatic heterocycles. The summed E-state index contributed by atoms with van der Waals surface area (Å²) in [5.41, 5.74) is -0.217. The van der Waals surface area contributed by atoms with Crippen molar-refractivity contribution in [3.05, 3.63) is 59.8 Å². The lowest BCUT2D eigenvalue weighted by Gasteiger charge is -1.98. The number of hydrogen-bond donors (Lipinski definition) is 0. The summed E-state index contributed by atoms with van der Waals surface area (Å²) < 4.78 is 10.5. The average Bonchev–Trinajstić information content (AvgIpc) is 2.46. The third-order valence-corrected chi connectivity index (χ3v) is 1.75. The van der Waals surface area contributed by atoms with Crippen molar-refractivity contribution >= 4 is 0 Å². The van der Waals surface area contributed by atoms with Crippen molar-refractivity contribution in [1.29, 1.82) is 0 Å². The molecular formula is C13H14O3. The standard InChI is InChI=1S/C13H14O3/c1-3-8-15-11-6-5-7-13(12(14)10-11)16-9-4-2/h3-7,10H,1-2,8-9H2. The molecular weight excluding hydrogens is 204 g/mol. The van der Waals surface area contributed by atoms with Crippen LogP contribution < -0.4 is 14.9 Å². The third kappa shape index (κ3) is 3.61. The highest BCUT2D eigenvalue weighted by Crippen LogP contribution is 2.09. The fraction of sp³-hybridized carbons (Fsp3) is 0.154. The van der Waals surface area contributed by atoms with Crippen LogP contribution in [-0.2, 0) is 0 Å². The molecule has 0 spiro atoms. The van der Waals surface area contributed by atoms with Gasteiger partial charge >= 0.3 is 0 Å². The van der Waals surface area contributed by atoms with Crippen molar-refractivity contribution in [2.24, 2.45) is 0 Å². The maximum atomic E-state index is 11.6. The molecule has 0 aliphatic rings. The van der Waals surface area contributed by atoms with E-state index in [1.807, 2.05) is 0 Å². The molecule has 0 saturated heterocycles. The first-order valence-electron chi connectivity index (χ1n) is 4.89. The van der Waals surface area contributed by atoms with E-state index in [0.717, 1.165) is 0 Å². The van der Waals surface area contributed by atoms with E-state index in [-0.39, 0.29) is 11.2 Å². The van der Waals surface area contributed by atoms with Gasteiger partial charge in [0.15, 0.2) is 5.75 Å². The second kappa shape index (κ2) is 6.45. The normalized spacial score (nSPS) is 9.25. The van der Waals surface area contributed by atoms with Gasteiger partial charge in [0.2, 0.25) is 5.43 Å². The van der Waals surface area contributed by atoms with Gasteiger partial charge in [0, 0.05) is 6.07 Å². The van der Waals surface area contributed by atoms with Crippen LogP contribution in [0.15, 0.2) is 54.4 Å². The molecule has 0 fully saturated rings.